The average molecular weight is 230 g/mol. The van der Waals surface area contributed by atoms with Crippen LogP contribution in [-0.2, 0) is 16.0 Å². The smallest absolute Gasteiger partial charge is 0.334 e. The molecule has 0 unspecified atom stereocenters. The molecule has 1 saturated heterocycles. The van der Waals surface area contributed by atoms with Crippen molar-refractivity contribution < 1.29 is 14.3 Å². The first-order chi connectivity index (χ1) is 8.19. The minimum atomic E-state index is -0.250. The quantitative estimate of drug-likeness (QED) is 0.548. The largest absolute Gasteiger partial charge is 0.497 e. The Morgan fingerprint density at radius 2 is 2.29 bits per heavy atom. The van der Waals surface area contributed by atoms with E-state index in [1.165, 1.54) is 11.1 Å². The second-order valence-corrected chi connectivity index (χ2v) is 4.61. The van der Waals surface area contributed by atoms with Crippen LogP contribution in [0.25, 0.3) is 0 Å². The van der Waals surface area contributed by atoms with Crippen molar-refractivity contribution in [1.29, 1.82) is 0 Å². The SMILES string of the molecule is C=C1C(=O)O[C@@H]2Cc3ccc(OC)cc3[C@H]1C2. The lowest BCUT2D eigenvalue weighted by Gasteiger charge is -2.36. The Kier molecular flexibility index (Phi) is 2.21. The first-order valence-corrected chi connectivity index (χ1v) is 5.75. The van der Waals surface area contributed by atoms with E-state index in [0.29, 0.717) is 5.57 Å². The highest BCUT2D eigenvalue weighted by Gasteiger charge is 2.38. The van der Waals surface area contributed by atoms with Crippen LogP contribution in [0.5, 0.6) is 5.75 Å². The van der Waals surface area contributed by atoms with Crippen LogP contribution >= 0.6 is 0 Å². The maximum Gasteiger partial charge on any atom is 0.334 e. The highest BCUT2D eigenvalue weighted by molar-refractivity contribution is 5.91. The van der Waals surface area contributed by atoms with Gasteiger partial charge >= 0.3 is 5.97 Å². The zero-order valence-corrected chi connectivity index (χ0v) is 9.73. The van der Waals surface area contributed by atoms with Crippen LogP contribution in [0.3, 0.4) is 0 Å². The molecule has 3 nitrogen and oxygen atoms in total. The van der Waals surface area contributed by atoms with Crippen LogP contribution < -0.4 is 4.74 Å². The normalized spacial score (nSPS) is 26.2. The second kappa shape index (κ2) is 3.62. The molecule has 3 heteroatoms. The van der Waals surface area contributed by atoms with Gasteiger partial charge in [-0.1, -0.05) is 12.6 Å². The van der Waals surface area contributed by atoms with Gasteiger partial charge in [-0.05, 0) is 29.7 Å². The average Bonchev–Trinajstić information content (AvgIpc) is 2.35. The molecule has 3 rings (SSSR count). The molecule has 0 aromatic heterocycles. The molecule has 1 aliphatic carbocycles. The second-order valence-electron chi connectivity index (χ2n) is 4.61. The molecule has 0 spiro atoms. The van der Waals surface area contributed by atoms with E-state index >= 15 is 0 Å². The van der Waals surface area contributed by atoms with Crippen LogP contribution in [0.4, 0.5) is 0 Å². The maximum absolute atomic E-state index is 11.6. The van der Waals surface area contributed by atoms with Crippen molar-refractivity contribution in [2.45, 2.75) is 24.9 Å². The van der Waals surface area contributed by atoms with E-state index in [1.807, 2.05) is 12.1 Å². The Bertz CT molecular complexity index is 504. The number of carbonyl (C=O) groups is 1. The summed E-state index contributed by atoms with van der Waals surface area (Å²) >= 11 is 0. The van der Waals surface area contributed by atoms with Crippen molar-refractivity contribution in [3.63, 3.8) is 0 Å². The summed E-state index contributed by atoms with van der Waals surface area (Å²) in [6.07, 6.45) is 1.67. The third kappa shape index (κ3) is 1.54. The third-order valence-corrected chi connectivity index (χ3v) is 3.63. The molecule has 0 amide bonds. The van der Waals surface area contributed by atoms with Gasteiger partial charge < -0.3 is 9.47 Å². The van der Waals surface area contributed by atoms with E-state index in [9.17, 15) is 4.79 Å². The predicted molar refractivity (Wildman–Crippen MR) is 63.1 cm³/mol. The van der Waals surface area contributed by atoms with Crippen molar-refractivity contribution in [2.24, 2.45) is 0 Å². The van der Waals surface area contributed by atoms with Crippen LogP contribution in [-0.4, -0.2) is 19.2 Å². The molecule has 88 valence electrons. The Labute approximate surface area is 100 Å². The van der Waals surface area contributed by atoms with Crippen molar-refractivity contribution in [2.75, 3.05) is 7.11 Å². The summed E-state index contributed by atoms with van der Waals surface area (Å²) in [6, 6.07) is 6.02. The highest BCUT2D eigenvalue weighted by Crippen LogP contribution is 2.42. The van der Waals surface area contributed by atoms with Crippen LogP contribution in [0.1, 0.15) is 23.5 Å². The standard InChI is InChI=1S/C14H14O3/c1-8-12-7-11(17-14(8)15)5-9-3-4-10(16-2)6-13(9)12/h3-4,6,11-12H,1,5,7H2,2H3/t11-,12+/m1/s1. The fourth-order valence-electron chi connectivity index (χ4n) is 2.72. The summed E-state index contributed by atoms with van der Waals surface area (Å²) in [5.74, 6) is 0.675. The van der Waals surface area contributed by atoms with Gasteiger partial charge in [0.25, 0.3) is 0 Å². The summed E-state index contributed by atoms with van der Waals surface area (Å²) in [5, 5.41) is 0. The molecular formula is C14H14O3. The lowest BCUT2D eigenvalue weighted by molar-refractivity contribution is -0.148. The van der Waals surface area contributed by atoms with Gasteiger partial charge in [-0.2, -0.15) is 0 Å². The number of benzene rings is 1. The number of esters is 1. The van der Waals surface area contributed by atoms with E-state index in [0.717, 1.165) is 18.6 Å². The number of ether oxygens (including phenoxy) is 2. The zero-order valence-electron chi connectivity index (χ0n) is 9.73. The van der Waals surface area contributed by atoms with Crippen molar-refractivity contribution in [3.05, 3.63) is 41.5 Å². The summed E-state index contributed by atoms with van der Waals surface area (Å²) in [4.78, 5) is 11.6. The van der Waals surface area contributed by atoms with Crippen molar-refractivity contribution >= 4 is 5.97 Å². The van der Waals surface area contributed by atoms with E-state index in [4.69, 9.17) is 9.47 Å². The van der Waals surface area contributed by atoms with E-state index in [2.05, 4.69) is 12.6 Å². The van der Waals surface area contributed by atoms with Gasteiger partial charge in [-0.3, -0.25) is 0 Å². The fourth-order valence-corrected chi connectivity index (χ4v) is 2.72. The number of carbonyl (C=O) groups excluding carboxylic acids is 1. The van der Waals surface area contributed by atoms with E-state index in [-0.39, 0.29) is 18.0 Å². The van der Waals surface area contributed by atoms with Gasteiger partial charge in [-0.15, -0.1) is 0 Å². The van der Waals surface area contributed by atoms with Gasteiger partial charge in [0.05, 0.1) is 7.11 Å². The Morgan fingerprint density at radius 3 is 3.06 bits per heavy atom. The molecular weight excluding hydrogens is 216 g/mol. The van der Waals surface area contributed by atoms with Gasteiger partial charge in [0.2, 0.25) is 0 Å². The van der Waals surface area contributed by atoms with Crippen LogP contribution in [0, 0.1) is 0 Å². The molecule has 1 aliphatic heterocycles. The van der Waals surface area contributed by atoms with Crippen molar-refractivity contribution in [3.8, 4) is 5.75 Å². The molecule has 1 heterocycles. The van der Waals surface area contributed by atoms with Gasteiger partial charge in [0.15, 0.2) is 0 Å². The van der Waals surface area contributed by atoms with Gasteiger partial charge in [0, 0.05) is 17.9 Å². The molecule has 0 saturated carbocycles. The summed E-state index contributed by atoms with van der Waals surface area (Å²) < 4.78 is 10.5. The number of rotatable bonds is 1. The molecule has 2 bridgehead atoms. The van der Waals surface area contributed by atoms with Gasteiger partial charge in [0.1, 0.15) is 11.9 Å². The predicted octanol–water partition coefficient (Wildman–Crippen LogP) is 2.21. The topological polar surface area (TPSA) is 35.5 Å². The third-order valence-electron chi connectivity index (χ3n) is 3.63. The number of methoxy groups -OCH3 is 1. The minimum Gasteiger partial charge on any atom is -0.497 e. The maximum atomic E-state index is 11.6. The molecule has 1 fully saturated rings. The first-order valence-electron chi connectivity index (χ1n) is 5.75. The first kappa shape index (κ1) is 10.4. The van der Waals surface area contributed by atoms with Crippen LogP contribution in [0.15, 0.2) is 30.4 Å². The van der Waals surface area contributed by atoms with E-state index in [1.54, 1.807) is 7.11 Å². The summed E-state index contributed by atoms with van der Waals surface area (Å²) in [6.45, 7) is 3.85. The number of hydrogen-bond acceptors (Lipinski definition) is 3. The Balaban J connectivity index is 2.09. The highest BCUT2D eigenvalue weighted by atomic mass is 16.5. The number of hydrogen-bond donors (Lipinski definition) is 0. The zero-order chi connectivity index (χ0) is 12.0. The lowest BCUT2D eigenvalue weighted by Crippen LogP contribution is -2.36. The molecule has 1 aromatic rings. The van der Waals surface area contributed by atoms with E-state index < -0.39 is 0 Å². The monoisotopic (exact) mass is 230 g/mol. The molecule has 0 N–H and O–H groups in total. The van der Waals surface area contributed by atoms with Crippen LogP contribution in [0.2, 0.25) is 0 Å². The van der Waals surface area contributed by atoms with Crippen molar-refractivity contribution in [1.82, 2.24) is 0 Å². The molecule has 2 atom stereocenters. The Morgan fingerprint density at radius 1 is 1.47 bits per heavy atom. The molecule has 17 heavy (non-hydrogen) atoms. The lowest BCUT2D eigenvalue weighted by atomic mass is 9.76. The molecule has 1 aromatic carbocycles. The summed E-state index contributed by atoms with van der Waals surface area (Å²) in [7, 11) is 1.65. The fraction of sp³-hybridized carbons (Fsp3) is 0.357. The number of fused-ring (bicyclic) bond motifs is 4. The summed E-state index contributed by atoms with van der Waals surface area (Å²) in [5.41, 5.74) is 2.97. The van der Waals surface area contributed by atoms with Gasteiger partial charge in [-0.25, -0.2) is 4.79 Å². The molecule has 0 radical (unpaired) electrons. The Hall–Kier alpha value is -1.77. The minimum absolute atomic E-state index is 0.0129. The molecule has 2 aliphatic rings.